The highest BCUT2D eigenvalue weighted by Gasteiger charge is 2.22. The fourth-order valence-electron chi connectivity index (χ4n) is 2.61. The number of likely N-dealkylation sites (tertiary alicyclic amines) is 1. The van der Waals surface area contributed by atoms with Crippen molar-refractivity contribution in [1.82, 2.24) is 4.90 Å². The predicted octanol–water partition coefficient (Wildman–Crippen LogP) is 2.56. The second-order valence-corrected chi connectivity index (χ2v) is 5.60. The van der Waals surface area contributed by atoms with Crippen LogP contribution in [0.1, 0.15) is 37.7 Å². The highest BCUT2D eigenvalue weighted by Crippen LogP contribution is 2.24. The molecule has 5 heteroatoms. The Bertz CT molecular complexity index is 459. The van der Waals surface area contributed by atoms with E-state index in [1.54, 1.807) is 7.11 Å². The van der Waals surface area contributed by atoms with Crippen molar-refractivity contribution in [2.75, 3.05) is 20.2 Å². The summed E-state index contributed by atoms with van der Waals surface area (Å²) in [6.07, 6.45) is 2.38. The first-order valence-corrected chi connectivity index (χ1v) is 7.27. The lowest BCUT2D eigenvalue weighted by atomic mass is 9.96. The minimum atomic E-state index is 0. The molecule has 21 heavy (non-hydrogen) atoms. The second kappa shape index (κ2) is 8.25. The molecular formula is C16H25ClN2O2. The van der Waals surface area contributed by atoms with Crippen molar-refractivity contribution in [1.29, 1.82) is 0 Å². The van der Waals surface area contributed by atoms with E-state index in [0.717, 1.165) is 37.2 Å². The van der Waals surface area contributed by atoms with E-state index >= 15 is 0 Å². The molecule has 2 rings (SSSR count). The van der Waals surface area contributed by atoms with Crippen LogP contribution in [-0.4, -0.2) is 37.0 Å². The molecule has 0 saturated carbocycles. The van der Waals surface area contributed by atoms with Gasteiger partial charge in [0.1, 0.15) is 5.75 Å². The number of amides is 1. The molecule has 1 saturated heterocycles. The van der Waals surface area contributed by atoms with Crippen molar-refractivity contribution in [3.63, 3.8) is 0 Å². The first-order chi connectivity index (χ1) is 9.60. The number of ether oxygens (including phenoxy) is 1. The molecule has 1 unspecified atom stereocenters. The van der Waals surface area contributed by atoms with Crippen LogP contribution in [0.5, 0.6) is 5.75 Å². The van der Waals surface area contributed by atoms with E-state index in [0.29, 0.717) is 6.42 Å². The van der Waals surface area contributed by atoms with Gasteiger partial charge in [0.25, 0.3) is 0 Å². The van der Waals surface area contributed by atoms with Crippen LogP contribution in [-0.2, 0) is 4.79 Å². The smallest absolute Gasteiger partial charge is 0.223 e. The summed E-state index contributed by atoms with van der Waals surface area (Å²) in [5.41, 5.74) is 7.01. The van der Waals surface area contributed by atoms with Gasteiger partial charge >= 0.3 is 0 Å². The number of nitrogens with zero attached hydrogens (tertiary/aromatic N) is 1. The van der Waals surface area contributed by atoms with Crippen LogP contribution >= 0.6 is 12.4 Å². The Kier molecular flexibility index (Phi) is 6.99. The van der Waals surface area contributed by atoms with Crippen molar-refractivity contribution in [2.45, 2.75) is 38.1 Å². The van der Waals surface area contributed by atoms with Gasteiger partial charge in [-0.15, -0.1) is 12.4 Å². The number of carbonyl (C=O) groups is 1. The Morgan fingerprint density at radius 2 is 2.10 bits per heavy atom. The van der Waals surface area contributed by atoms with Crippen LogP contribution in [0, 0.1) is 0 Å². The molecule has 0 aromatic heterocycles. The molecule has 1 aromatic carbocycles. The van der Waals surface area contributed by atoms with E-state index in [2.05, 4.69) is 6.92 Å². The molecule has 0 radical (unpaired) electrons. The Morgan fingerprint density at radius 3 is 2.71 bits per heavy atom. The summed E-state index contributed by atoms with van der Waals surface area (Å²) in [7, 11) is 1.66. The summed E-state index contributed by atoms with van der Waals surface area (Å²) >= 11 is 0. The molecule has 1 aliphatic heterocycles. The molecule has 0 bridgehead atoms. The largest absolute Gasteiger partial charge is 0.497 e. The molecule has 2 N–H and O–H groups in total. The molecule has 118 valence electrons. The van der Waals surface area contributed by atoms with Gasteiger partial charge in [0.15, 0.2) is 0 Å². The summed E-state index contributed by atoms with van der Waals surface area (Å²) in [6.45, 7) is 3.68. The van der Waals surface area contributed by atoms with Crippen LogP contribution in [0.4, 0.5) is 0 Å². The first kappa shape index (κ1) is 17.8. The van der Waals surface area contributed by atoms with E-state index in [-0.39, 0.29) is 30.3 Å². The lowest BCUT2D eigenvalue weighted by molar-refractivity contribution is -0.132. The summed E-state index contributed by atoms with van der Waals surface area (Å²) in [5, 5.41) is 0. The molecule has 1 amide bonds. The number of nitrogens with two attached hydrogens (primary N) is 1. The summed E-state index contributed by atoms with van der Waals surface area (Å²) in [5.74, 6) is 1.27. The fraction of sp³-hybridized carbons (Fsp3) is 0.562. The molecule has 1 aromatic rings. The summed E-state index contributed by atoms with van der Waals surface area (Å²) in [4.78, 5) is 14.2. The van der Waals surface area contributed by atoms with Gasteiger partial charge in [-0.3, -0.25) is 4.79 Å². The number of rotatable bonds is 4. The quantitative estimate of drug-likeness (QED) is 0.929. The minimum Gasteiger partial charge on any atom is -0.497 e. The normalized spacial score (nSPS) is 17.0. The zero-order valence-corrected chi connectivity index (χ0v) is 13.6. The lowest BCUT2D eigenvalue weighted by Crippen LogP contribution is -2.43. The maximum Gasteiger partial charge on any atom is 0.223 e. The van der Waals surface area contributed by atoms with E-state index in [1.165, 1.54) is 0 Å². The van der Waals surface area contributed by atoms with Crippen LogP contribution in [0.15, 0.2) is 24.3 Å². The zero-order chi connectivity index (χ0) is 14.5. The summed E-state index contributed by atoms with van der Waals surface area (Å²) in [6, 6.07) is 8.20. The third-order valence-electron chi connectivity index (χ3n) is 4.04. The monoisotopic (exact) mass is 312 g/mol. The van der Waals surface area contributed by atoms with Gasteiger partial charge < -0.3 is 15.4 Å². The molecule has 1 aliphatic rings. The average molecular weight is 313 g/mol. The van der Waals surface area contributed by atoms with Gasteiger partial charge in [-0.1, -0.05) is 19.1 Å². The molecule has 4 nitrogen and oxygen atoms in total. The first-order valence-electron chi connectivity index (χ1n) is 7.27. The van der Waals surface area contributed by atoms with E-state index < -0.39 is 0 Å². The van der Waals surface area contributed by atoms with Crippen molar-refractivity contribution < 1.29 is 9.53 Å². The SMILES string of the molecule is COc1cccc(C(C)CC(=O)N2CCC(N)CC2)c1.Cl. The van der Waals surface area contributed by atoms with Gasteiger partial charge in [-0.2, -0.15) is 0 Å². The third-order valence-corrected chi connectivity index (χ3v) is 4.04. The predicted molar refractivity (Wildman–Crippen MR) is 87.1 cm³/mol. The standard InChI is InChI=1S/C16H24N2O2.ClH/c1-12(13-4-3-5-15(11-13)20-2)10-16(19)18-8-6-14(17)7-9-18;/h3-5,11-12,14H,6-10,17H2,1-2H3;1H. The summed E-state index contributed by atoms with van der Waals surface area (Å²) < 4.78 is 5.23. The zero-order valence-electron chi connectivity index (χ0n) is 12.7. The number of piperidine rings is 1. The van der Waals surface area contributed by atoms with Crippen molar-refractivity contribution in [3.8, 4) is 5.75 Å². The average Bonchev–Trinajstić information content (AvgIpc) is 2.47. The lowest BCUT2D eigenvalue weighted by Gasteiger charge is -2.31. The molecule has 1 atom stereocenters. The number of hydrogen-bond donors (Lipinski definition) is 1. The van der Waals surface area contributed by atoms with Crippen molar-refractivity contribution in [2.24, 2.45) is 5.73 Å². The van der Waals surface area contributed by atoms with Crippen molar-refractivity contribution in [3.05, 3.63) is 29.8 Å². The third kappa shape index (κ3) is 4.90. The topological polar surface area (TPSA) is 55.6 Å². The Morgan fingerprint density at radius 1 is 1.43 bits per heavy atom. The minimum absolute atomic E-state index is 0. The van der Waals surface area contributed by atoms with Gasteiger partial charge in [-0.05, 0) is 36.5 Å². The van der Waals surface area contributed by atoms with E-state index in [9.17, 15) is 4.79 Å². The number of methoxy groups -OCH3 is 1. The maximum absolute atomic E-state index is 12.3. The molecule has 0 aliphatic carbocycles. The van der Waals surface area contributed by atoms with Crippen LogP contribution < -0.4 is 10.5 Å². The number of carbonyl (C=O) groups excluding carboxylic acids is 1. The molecule has 1 heterocycles. The van der Waals surface area contributed by atoms with Crippen LogP contribution in [0.25, 0.3) is 0 Å². The maximum atomic E-state index is 12.3. The van der Waals surface area contributed by atoms with Gasteiger partial charge in [-0.25, -0.2) is 0 Å². The van der Waals surface area contributed by atoms with Crippen molar-refractivity contribution >= 4 is 18.3 Å². The second-order valence-electron chi connectivity index (χ2n) is 5.60. The number of hydrogen-bond acceptors (Lipinski definition) is 3. The van der Waals surface area contributed by atoms with Gasteiger partial charge in [0.05, 0.1) is 7.11 Å². The Balaban J connectivity index is 0.00000220. The van der Waals surface area contributed by atoms with E-state index in [1.807, 2.05) is 29.2 Å². The van der Waals surface area contributed by atoms with Gasteiger partial charge in [0, 0.05) is 25.6 Å². The van der Waals surface area contributed by atoms with E-state index in [4.69, 9.17) is 10.5 Å². The van der Waals surface area contributed by atoms with Gasteiger partial charge in [0.2, 0.25) is 5.91 Å². The number of halogens is 1. The molecule has 1 fully saturated rings. The molecule has 0 spiro atoms. The van der Waals surface area contributed by atoms with Crippen LogP contribution in [0.3, 0.4) is 0 Å². The highest BCUT2D eigenvalue weighted by molar-refractivity contribution is 5.85. The highest BCUT2D eigenvalue weighted by atomic mass is 35.5. The Hall–Kier alpha value is -1.26. The van der Waals surface area contributed by atoms with Crippen LogP contribution in [0.2, 0.25) is 0 Å². The Labute approximate surface area is 133 Å². The number of benzene rings is 1. The fourth-order valence-corrected chi connectivity index (χ4v) is 2.61. The molecular weight excluding hydrogens is 288 g/mol.